The summed E-state index contributed by atoms with van der Waals surface area (Å²) in [4.78, 5) is 31.8. The highest BCUT2D eigenvalue weighted by Gasteiger charge is 2.46. The van der Waals surface area contributed by atoms with Crippen LogP contribution in [0, 0.1) is 5.92 Å². The number of carbonyl (C=O) groups is 2. The van der Waals surface area contributed by atoms with Crippen LogP contribution in [-0.4, -0.2) is 38.4 Å². The largest absolute Gasteiger partial charge is 0.508 e. The Morgan fingerprint density at radius 3 is 2.47 bits per heavy atom. The van der Waals surface area contributed by atoms with Gasteiger partial charge in [-0.25, -0.2) is 0 Å². The summed E-state index contributed by atoms with van der Waals surface area (Å²) in [6.07, 6.45) is 1.61. The van der Waals surface area contributed by atoms with Crippen molar-refractivity contribution >= 4 is 17.4 Å². The number of aromatic hydroxyl groups is 1. The van der Waals surface area contributed by atoms with E-state index in [1.54, 1.807) is 60.8 Å². The Kier molecular flexibility index (Phi) is 6.63. The standard InChI is InChI=1S/C27H26N2O5/c1-17(2)16-34-22-11-9-18(10-12-22)25(31)23-24(19-6-5-8-21(30)14-19)29(27(33)26(23)32)15-20-7-3-4-13-28-20/h3-14,17,24,30-31H,15-16H2,1-2H3/b25-23-. The van der Waals surface area contributed by atoms with Crippen molar-refractivity contribution < 1.29 is 24.5 Å². The fraction of sp³-hybridized carbons (Fsp3) is 0.222. The van der Waals surface area contributed by atoms with Gasteiger partial charge in [0.1, 0.15) is 17.3 Å². The molecule has 1 fully saturated rings. The second kappa shape index (κ2) is 9.79. The molecule has 3 aromatic rings. The summed E-state index contributed by atoms with van der Waals surface area (Å²) in [7, 11) is 0. The fourth-order valence-electron chi connectivity index (χ4n) is 3.88. The molecule has 1 unspecified atom stereocenters. The minimum absolute atomic E-state index is 0.00687. The number of likely N-dealkylation sites (tertiary alicyclic amines) is 1. The number of phenolic OH excluding ortho intramolecular Hbond substituents is 1. The number of aliphatic hydroxyl groups is 1. The smallest absolute Gasteiger partial charge is 0.296 e. The van der Waals surface area contributed by atoms with Crippen LogP contribution in [0.3, 0.4) is 0 Å². The zero-order valence-corrected chi connectivity index (χ0v) is 19.0. The van der Waals surface area contributed by atoms with E-state index in [0.29, 0.717) is 35.1 Å². The Morgan fingerprint density at radius 2 is 1.82 bits per heavy atom. The third-order valence-electron chi connectivity index (χ3n) is 5.50. The summed E-state index contributed by atoms with van der Waals surface area (Å²) in [6.45, 7) is 4.73. The molecule has 0 aliphatic carbocycles. The number of phenols is 1. The van der Waals surface area contributed by atoms with Gasteiger partial charge in [-0.3, -0.25) is 14.6 Å². The summed E-state index contributed by atoms with van der Waals surface area (Å²) >= 11 is 0. The Labute approximate surface area is 198 Å². The van der Waals surface area contributed by atoms with E-state index in [2.05, 4.69) is 4.98 Å². The van der Waals surface area contributed by atoms with Crippen LogP contribution in [0.15, 0.2) is 78.5 Å². The maximum atomic E-state index is 13.1. The molecule has 1 aliphatic rings. The molecule has 0 bridgehead atoms. The number of ketones is 1. The molecule has 174 valence electrons. The first-order valence-electron chi connectivity index (χ1n) is 11.1. The summed E-state index contributed by atoms with van der Waals surface area (Å²) < 4.78 is 5.69. The molecule has 7 nitrogen and oxygen atoms in total. The van der Waals surface area contributed by atoms with Crippen LogP contribution in [0.1, 0.15) is 36.7 Å². The topological polar surface area (TPSA) is 100.0 Å². The van der Waals surface area contributed by atoms with Crippen molar-refractivity contribution in [1.82, 2.24) is 9.88 Å². The van der Waals surface area contributed by atoms with Crippen molar-refractivity contribution in [1.29, 1.82) is 0 Å². The van der Waals surface area contributed by atoms with Gasteiger partial charge in [-0.05, 0) is 60.0 Å². The van der Waals surface area contributed by atoms with Gasteiger partial charge in [-0.15, -0.1) is 0 Å². The van der Waals surface area contributed by atoms with Gasteiger partial charge in [0, 0.05) is 11.8 Å². The number of ether oxygens (including phenoxy) is 1. The zero-order chi connectivity index (χ0) is 24.2. The van der Waals surface area contributed by atoms with Crippen molar-refractivity contribution in [3.05, 3.63) is 95.3 Å². The molecule has 7 heteroatoms. The lowest BCUT2D eigenvalue weighted by atomic mass is 9.95. The molecular formula is C27H26N2O5. The second-order valence-electron chi connectivity index (χ2n) is 8.57. The molecule has 0 radical (unpaired) electrons. The number of aromatic nitrogens is 1. The molecule has 34 heavy (non-hydrogen) atoms. The van der Waals surface area contributed by atoms with Gasteiger partial charge in [0.25, 0.3) is 11.7 Å². The van der Waals surface area contributed by atoms with Gasteiger partial charge in [-0.1, -0.05) is 32.0 Å². The normalized spacial score (nSPS) is 17.4. The molecule has 2 heterocycles. The van der Waals surface area contributed by atoms with Crippen molar-refractivity contribution in [2.75, 3.05) is 6.61 Å². The molecule has 1 saturated heterocycles. The van der Waals surface area contributed by atoms with Gasteiger partial charge < -0.3 is 19.8 Å². The van der Waals surface area contributed by atoms with Crippen LogP contribution in [-0.2, 0) is 16.1 Å². The molecule has 1 amide bonds. The van der Waals surface area contributed by atoms with Gasteiger partial charge in [0.05, 0.1) is 30.5 Å². The van der Waals surface area contributed by atoms with Crippen molar-refractivity contribution in [3.63, 3.8) is 0 Å². The van der Waals surface area contributed by atoms with E-state index in [-0.39, 0.29) is 23.6 Å². The number of aliphatic hydroxyl groups excluding tert-OH is 1. The van der Waals surface area contributed by atoms with Gasteiger partial charge in [-0.2, -0.15) is 0 Å². The number of rotatable bonds is 7. The lowest BCUT2D eigenvalue weighted by Gasteiger charge is -2.25. The van der Waals surface area contributed by atoms with E-state index < -0.39 is 17.7 Å². The van der Waals surface area contributed by atoms with E-state index in [1.165, 1.54) is 17.0 Å². The van der Waals surface area contributed by atoms with Gasteiger partial charge in [0.2, 0.25) is 0 Å². The molecule has 1 aliphatic heterocycles. The highest BCUT2D eigenvalue weighted by atomic mass is 16.5. The lowest BCUT2D eigenvalue weighted by Crippen LogP contribution is -2.29. The fourth-order valence-corrected chi connectivity index (χ4v) is 3.88. The minimum Gasteiger partial charge on any atom is -0.508 e. The highest BCUT2D eigenvalue weighted by Crippen LogP contribution is 2.41. The number of benzene rings is 2. The first-order chi connectivity index (χ1) is 16.3. The van der Waals surface area contributed by atoms with Crippen LogP contribution in [0.4, 0.5) is 0 Å². The number of hydrogen-bond acceptors (Lipinski definition) is 6. The van der Waals surface area contributed by atoms with E-state index in [9.17, 15) is 19.8 Å². The third-order valence-corrected chi connectivity index (χ3v) is 5.50. The Hall–Kier alpha value is -4.13. The molecule has 0 spiro atoms. The van der Waals surface area contributed by atoms with Crippen LogP contribution < -0.4 is 4.74 Å². The average Bonchev–Trinajstić information content (AvgIpc) is 3.08. The van der Waals surface area contributed by atoms with Crippen LogP contribution in [0.2, 0.25) is 0 Å². The predicted molar refractivity (Wildman–Crippen MR) is 127 cm³/mol. The molecule has 4 rings (SSSR count). The first kappa shape index (κ1) is 23.0. The summed E-state index contributed by atoms with van der Waals surface area (Å²) in [5.74, 6) is -0.812. The minimum atomic E-state index is -0.883. The third kappa shape index (κ3) is 4.78. The van der Waals surface area contributed by atoms with Crippen molar-refractivity contribution in [3.8, 4) is 11.5 Å². The van der Waals surface area contributed by atoms with Crippen LogP contribution in [0.25, 0.3) is 5.76 Å². The number of carbonyl (C=O) groups excluding carboxylic acids is 2. The SMILES string of the molecule is CC(C)COc1ccc(/C(O)=C2/C(=O)C(=O)N(Cc3ccccn3)C2c2cccc(O)c2)cc1. The summed E-state index contributed by atoms with van der Waals surface area (Å²) in [5, 5.41) is 21.2. The molecule has 2 N–H and O–H groups in total. The summed E-state index contributed by atoms with van der Waals surface area (Å²) in [5.41, 5.74) is 1.45. The first-order valence-corrected chi connectivity index (χ1v) is 11.1. The number of hydrogen-bond donors (Lipinski definition) is 2. The number of pyridine rings is 1. The van der Waals surface area contributed by atoms with Crippen molar-refractivity contribution in [2.24, 2.45) is 5.92 Å². The van der Waals surface area contributed by atoms with Crippen molar-refractivity contribution in [2.45, 2.75) is 26.4 Å². The maximum absolute atomic E-state index is 13.1. The average molecular weight is 459 g/mol. The molecule has 2 aromatic carbocycles. The Balaban J connectivity index is 1.76. The lowest BCUT2D eigenvalue weighted by molar-refractivity contribution is -0.140. The quantitative estimate of drug-likeness (QED) is 0.308. The monoisotopic (exact) mass is 458 g/mol. The Bertz CT molecular complexity index is 1220. The number of Topliss-reactive ketones (excluding diaryl/α,β-unsaturated/α-hetero) is 1. The number of nitrogens with zero attached hydrogens (tertiary/aromatic N) is 2. The predicted octanol–water partition coefficient (Wildman–Crippen LogP) is 4.44. The molecule has 1 atom stereocenters. The Morgan fingerprint density at radius 1 is 1.06 bits per heavy atom. The van der Waals surface area contributed by atoms with Gasteiger partial charge in [0.15, 0.2) is 0 Å². The van der Waals surface area contributed by atoms with E-state index in [0.717, 1.165) is 0 Å². The zero-order valence-electron chi connectivity index (χ0n) is 19.0. The highest BCUT2D eigenvalue weighted by molar-refractivity contribution is 6.46. The summed E-state index contributed by atoms with van der Waals surface area (Å²) in [6, 6.07) is 17.5. The molecular weight excluding hydrogens is 432 g/mol. The van der Waals surface area contributed by atoms with E-state index in [4.69, 9.17) is 4.74 Å². The van der Waals surface area contributed by atoms with Gasteiger partial charge >= 0.3 is 0 Å². The van der Waals surface area contributed by atoms with E-state index >= 15 is 0 Å². The molecule has 0 saturated carbocycles. The molecule has 1 aromatic heterocycles. The van der Waals surface area contributed by atoms with Crippen LogP contribution in [0.5, 0.6) is 11.5 Å². The second-order valence-corrected chi connectivity index (χ2v) is 8.57. The van der Waals surface area contributed by atoms with Crippen LogP contribution >= 0.6 is 0 Å². The van der Waals surface area contributed by atoms with E-state index in [1.807, 2.05) is 13.8 Å². The number of amides is 1. The maximum Gasteiger partial charge on any atom is 0.296 e.